The maximum absolute atomic E-state index is 13.6. The first-order valence-corrected chi connectivity index (χ1v) is 9.50. The molecule has 2 amide bonds. The van der Waals surface area contributed by atoms with Gasteiger partial charge >= 0.3 is 0 Å². The van der Waals surface area contributed by atoms with E-state index in [0.29, 0.717) is 12.0 Å². The van der Waals surface area contributed by atoms with E-state index in [1.54, 1.807) is 29.0 Å². The van der Waals surface area contributed by atoms with Crippen LogP contribution in [0.4, 0.5) is 0 Å². The molecule has 27 heavy (non-hydrogen) atoms. The lowest BCUT2D eigenvalue weighted by molar-refractivity contribution is -0.138. The zero-order chi connectivity index (χ0) is 20.0. The van der Waals surface area contributed by atoms with Crippen LogP contribution in [0, 0.1) is 5.41 Å². The number of carbonyl (C=O) groups is 2. The summed E-state index contributed by atoms with van der Waals surface area (Å²) < 4.78 is 0. The molecule has 0 saturated carbocycles. The molecular weight excluding hydrogens is 342 g/mol. The average Bonchev–Trinajstić information content (AvgIpc) is 3.20. The summed E-state index contributed by atoms with van der Waals surface area (Å²) in [5.74, 6) is -0.270. The number of rotatable bonds is 3. The van der Waals surface area contributed by atoms with E-state index in [-0.39, 0.29) is 23.4 Å². The van der Waals surface area contributed by atoms with E-state index in [2.05, 4.69) is 5.16 Å². The molecule has 1 aromatic rings. The van der Waals surface area contributed by atoms with Crippen LogP contribution in [0.2, 0.25) is 0 Å². The van der Waals surface area contributed by atoms with E-state index < -0.39 is 11.6 Å². The molecule has 146 valence electrons. The summed E-state index contributed by atoms with van der Waals surface area (Å²) in [6, 6.07) is 9.12. The van der Waals surface area contributed by atoms with Crippen molar-refractivity contribution in [1.82, 2.24) is 9.80 Å². The van der Waals surface area contributed by atoms with E-state index in [1.807, 2.05) is 52.8 Å². The molecule has 0 N–H and O–H groups in total. The summed E-state index contributed by atoms with van der Waals surface area (Å²) in [5, 5.41) is 4.15. The van der Waals surface area contributed by atoms with Gasteiger partial charge in [-0.05, 0) is 25.5 Å². The van der Waals surface area contributed by atoms with E-state index in [4.69, 9.17) is 4.84 Å². The molecule has 1 saturated heterocycles. The van der Waals surface area contributed by atoms with Crippen molar-refractivity contribution in [3.8, 4) is 0 Å². The molecule has 6 nitrogen and oxygen atoms in total. The molecular formula is C21H29N3O3. The number of likely N-dealkylation sites (N-methyl/N-ethyl adjacent to an activating group) is 1. The van der Waals surface area contributed by atoms with Crippen molar-refractivity contribution in [2.24, 2.45) is 10.6 Å². The third-order valence-electron chi connectivity index (χ3n) is 5.64. The Bertz CT molecular complexity index is 769. The van der Waals surface area contributed by atoms with E-state index in [0.717, 1.165) is 12.1 Å². The largest absolute Gasteiger partial charge is 0.389 e. The van der Waals surface area contributed by atoms with Crippen molar-refractivity contribution in [3.63, 3.8) is 0 Å². The van der Waals surface area contributed by atoms with E-state index >= 15 is 0 Å². The molecule has 0 bridgehead atoms. The Morgan fingerprint density at radius 1 is 1.30 bits per heavy atom. The van der Waals surface area contributed by atoms with E-state index in [1.165, 1.54) is 0 Å². The predicted octanol–water partition coefficient (Wildman–Crippen LogP) is 3.29. The molecule has 2 aliphatic rings. The van der Waals surface area contributed by atoms with E-state index in [9.17, 15) is 9.59 Å². The molecule has 0 spiro atoms. The maximum atomic E-state index is 13.6. The van der Waals surface area contributed by atoms with Crippen LogP contribution in [0.25, 0.3) is 0 Å². The number of oxime groups is 1. The van der Waals surface area contributed by atoms with Crippen LogP contribution in [-0.2, 0) is 9.63 Å². The van der Waals surface area contributed by atoms with Gasteiger partial charge in [-0.25, -0.2) is 0 Å². The highest BCUT2D eigenvalue weighted by Gasteiger charge is 2.63. The van der Waals surface area contributed by atoms with Gasteiger partial charge in [0.1, 0.15) is 6.17 Å². The van der Waals surface area contributed by atoms with Gasteiger partial charge in [0.2, 0.25) is 0 Å². The van der Waals surface area contributed by atoms with Crippen molar-refractivity contribution in [3.05, 3.63) is 35.9 Å². The predicted molar refractivity (Wildman–Crippen MR) is 104 cm³/mol. The van der Waals surface area contributed by atoms with Crippen LogP contribution < -0.4 is 0 Å². The smallest absolute Gasteiger partial charge is 0.256 e. The van der Waals surface area contributed by atoms with Gasteiger partial charge in [-0.2, -0.15) is 0 Å². The second-order valence-corrected chi connectivity index (χ2v) is 8.65. The lowest BCUT2D eigenvalue weighted by Crippen LogP contribution is -2.60. The Kier molecular flexibility index (Phi) is 4.78. The molecule has 3 atom stereocenters. The SMILES string of the molecule is CCC1=NOC([C@]2(C)C(=O)N(C)[C@H](C(C)(C)C)N2C(=O)c2ccccc2)C1. The molecule has 6 heteroatoms. The monoisotopic (exact) mass is 371 g/mol. The first kappa shape index (κ1) is 19.4. The van der Waals surface area contributed by atoms with Gasteiger partial charge in [-0.3, -0.25) is 14.5 Å². The standard InChI is InChI=1S/C21H29N3O3/c1-7-15-13-16(27-22-15)21(5)19(26)23(6)18(20(2,3)4)24(21)17(25)14-11-9-8-10-12-14/h8-12,16,18H,7,13H2,1-6H3/t16?,18-,21+/m0/s1. The zero-order valence-electron chi connectivity index (χ0n) is 17.0. The summed E-state index contributed by atoms with van der Waals surface area (Å²) in [7, 11) is 1.77. The van der Waals surface area contributed by atoms with Gasteiger partial charge < -0.3 is 9.74 Å². The molecule has 0 aromatic heterocycles. The van der Waals surface area contributed by atoms with Crippen LogP contribution in [0.1, 0.15) is 57.8 Å². The fraction of sp³-hybridized carbons (Fsp3) is 0.571. The van der Waals surface area contributed by atoms with Crippen LogP contribution in [0.3, 0.4) is 0 Å². The Hall–Kier alpha value is -2.37. The number of amides is 2. The number of benzene rings is 1. The Morgan fingerprint density at radius 2 is 1.93 bits per heavy atom. The van der Waals surface area contributed by atoms with Gasteiger partial charge in [0, 0.05) is 24.4 Å². The maximum Gasteiger partial charge on any atom is 0.256 e. The molecule has 1 unspecified atom stereocenters. The third kappa shape index (κ3) is 3.01. The van der Waals surface area contributed by atoms with Crippen LogP contribution in [0.15, 0.2) is 35.5 Å². The number of carbonyl (C=O) groups excluding carboxylic acids is 2. The first-order valence-electron chi connectivity index (χ1n) is 9.50. The van der Waals surface area contributed by atoms with Crippen LogP contribution >= 0.6 is 0 Å². The first-order chi connectivity index (χ1) is 12.6. The Balaban J connectivity index is 2.09. The summed E-state index contributed by atoms with van der Waals surface area (Å²) >= 11 is 0. The molecule has 3 rings (SSSR count). The minimum absolute atomic E-state index is 0.107. The highest BCUT2D eigenvalue weighted by Crippen LogP contribution is 2.44. The number of hydrogen-bond acceptors (Lipinski definition) is 4. The molecule has 2 heterocycles. The molecule has 0 aliphatic carbocycles. The summed E-state index contributed by atoms with van der Waals surface area (Å²) in [4.78, 5) is 36.1. The van der Waals surface area contributed by atoms with Gasteiger partial charge in [0.05, 0.1) is 5.71 Å². The van der Waals surface area contributed by atoms with Crippen LogP contribution in [-0.4, -0.2) is 52.2 Å². The quantitative estimate of drug-likeness (QED) is 0.819. The van der Waals surface area contributed by atoms with Crippen LogP contribution in [0.5, 0.6) is 0 Å². The number of hydrogen-bond donors (Lipinski definition) is 0. The minimum atomic E-state index is -1.11. The topological polar surface area (TPSA) is 62.2 Å². The second kappa shape index (κ2) is 6.66. The van der Waals surface area contributed by atoms with Crippen molar-refractivity contribution in [2.75, 3.05) is 7.05 Å². The lowest BCUT2D eigenvalue weighted by Gasteiger charge is -2.42. The third-order valence-corrected chi connectivity index (χ3v) is 5.64. The van der Waals surface area contributed by atoms with Crippen molar-refractivity contribution in [1.29, 1.82) is 0 Å². The fourth-order valence-electron chi connectivity index (χ4n) is 4.24. The van der Waals surface area contributed by atoms with Gasteiger partial charge in [-0.1, -0.05) is 51.0 Å². The van der Waals surface area contributed by atoms with Crippen molar-refractivity contribution in [2.45, 2.75) is 65.3 Å². The van der Waals surface area contributed by atoms with Gasteiger partial charge in [0.25, 0.3) is 11.8 Å². The highest BCUT2D eigenvalue weighted by atomic mass is 16.6. The molecule has 2 aliphatic heterocycles. The zero-order valence-corrected chi connectivity index (χ0v) is 17.0. The normalized spacial score (nSPS) is 28.4. The highest BCUT2D eigenvalue weighted by molar-refractivity contribution is 6.02. The Labute approximate surface area is 161 Å². The summed E-state index contributed by atoms with van der Waals surface area (Å²) in [6.07, 6.45) is 0.466. The summed E-state index contributed by atoms with van der Waals surface area (Å²) in [6.45, 7) is 9.96. The van der Waals surface area contributed by atoms with Crippen molar-refractivity contribution >= 4 is 17.5 Å². The minimum Gasteiger partial charge on any atom is -0.389 e. The van der Waals surface area contributed by atoms with Gasteiger partial charge in [-0.15, -0.1) is 0 Å². The summed E-state index contributed by atoms with van der Waals surface area (Å²) in [5.41, 5.74) is 0.0541. The molecule has 1 aromatic carbocycles. The fourth-order valence-corrected chi connectivity index (χ4v) is 4.24. The second-order valence-electron chi connectivity index (χ2n) is 8.65. The molecule has 0 radical (unpaired) electrons. The van der Waals surface area contributed by atoms with Crippen molar-refractivity contribution < 1.29 is 14.4 Å². The van der Waals surface area contributed by atoms with Gasteiger partial charge in [0.15, 0.2) is 11.6 Å². The Morgan fingerprint density at radius 3 is 2.44 bits per heavy atom. The number of nitrogens with zero attached hydrogens (tertiary/aromatic N) is 3. The molecule has 1 fully saturated rings. The lowest BCUT2D eigenvalue weighted by atomic mass is 9.86. The average molecular weight is 371 g/mol.